The molecule has 4 heteroatoms. The van der Waals surface area contributed by atoms with Gasteiger partial charge in [-0.3, -0.25) is 9.88 Å². The highest BCUT2D eigenvalue weighted by Crippen LogP contribution is 2.07. The van der Waals surface area contributed by atoms with Crippen LogP contribution in [0.15, 0.2) is 24.4 Å². The minimum absolute atomic E-state index is 0.387. The van der Waals surface area contributed by atoms with Crippen LogP contribution >= 0.6 is 0 Å². The van der Waals surface area contributed by atoms with E-state index < -0.39 is 5.60 Å². The van der Waals surface area contributed by atoms with Crippen LogP contribution in [0.1, 0.15) is 26.5 Å². The number of rotatable bonds is 7. The quantitative estimate of drug-likeness (QED) is 0.766. The van der Waals surface area contributed by atoms with Gasteiger partial charge in [0.2, 0.25) is 0 Å². The van der Waals surface area contributed by atoms with Gasteiger partial charge in [0, 0.05) is 31.9 Å². The van der Waals surface area contributed by atoms with E-state index in [4.69, 9.17) is 0 Å². The lowest BCUT2D eigenvalue weighted by Gasteiger charge is -2.30. The number of likely N-dealkylation sites (N-methyl/N-ethyl adjacent to an activating group) is 1. The standard InChI is InChI=1S/C14H25N3O/c1-12(2)16-10-14(3,18)11-17(4)9-13-7-5-6-8-15-13/h5-8,12,16,18H,9-11H2,1-4H3. The van der Waals surface area contributed by atoms with E-state index >= 15 is 0 Å². The lowest BCUT2D eigenvalue weighted by molar-refractivity contribution is 0.0237. The summed E-state index contributed by atoms with van der Waals surface area (Å²) in [5.41, 5.74) is 0.293. The van der Waals surface area contributed by atoms with Crippen molar-refractivity contribution in [3.8, 4) is 0 Å². The van der Waals surface area contributed by atoms with Gasteiger partial charge in [0.25, 0.3) is 0 Å². The first kappa shape index (κ1) is 15.1. The highest BCUT2D eigenvalue weighted by molar-refractivity contribution is 5.03. The molecule has 1 rings (SSSR count). The molecule has 0 bridgehead atoms. The zero-order valence-corrected chi connectivity index (χ0v) is 11.8. The van der Waals surface area contributed by atoms with Gasteiger partial charge in [0.05, 0.1) is 11.3 Å². The predicted octanol–water partition coefficient (Wildman–Crippen LogP) is 1.26. The van der Waals surface area contributed by atoms with Crippen LogP contribution in [0.4, 0.5) is 0 Å². The van der Waals surface area contributed by atoms with Gasteiger partial charge in [-0.1, -0.05) is 19.9 Å². The molecule has 102 valence electrons. The summed E-state index contributed by atoms with van der Waals surface area (Å²) in [6.45, 7) is 7.97. The Morgan fingerprint density at radius 3 is 2.72 bits per heavy atom. The molecule has 1 heterocycles. The number of hydrogen-bond acceptors (Lipinski definition) is 4. The van der Waals surface area contributed by atoms with E-state index in [9.17, 15) is 5.11 Å². The zero-order valence-electron chi connectivity index (χ0n) is 11.8. The van der Waals surface area contributed by atoms with Crippen LogP contribution in [0.25, 0.3) is 0 Å². The Morgan fingerprint density at radius 1 is 1.44 bits per heavy atom. The van der Waals surface area contributed by atoms with Crippen molar-refractivity contribution in [1.82, 2.24) is 15.2 Å². The average Bonchev–Trinajstić information content (AvgIpc) is 2.27. The molecule has 0 radical (unpaired) electrons. The summed E-state index contributed by atoms with van der Waals surface area (Å²) in [5, 5.41) is 13.5. The molecule has 0 fully saturated rings. The van der Waals surface area contributed by atoms with Crippen molar-refractivity contribution in [2.45, 2.75) is 39.0 Å². The number of pyridine rings is 1. The van der Waals surface area contributed by atoms with Crippen LogP contribution in [-0.4, -0.2) is 46.8 Å². The molecule has 0 spiro atoms. The summed E-state index contributed by atoms with van der Waals surface area (Å²) in [6.07, 6.45) is 1.79. The van der Waals surface area contributed by atoms with E-state index in [1.165, 1.54) is 0 Å². The summed E-state index contributed by atoms with van der Waals surface area (Å²) in [4.78, 5) is 6.37. The summed E-state index contributed by atoms with van der Waals surface area (Å²) >= 11 is 0. The summed E-state index contributed by atoms with van der Waals surface area (Å²) in [7, 11) is 2.00. The fourth-order valence-electron chi connectivity index (χ4n) is 1.89. The van der Waals surface area contributed by atoms with Crippen LogP contribution in [-0.2, 0) is 6.54 Å². The minimum atomic E-state index is -0.728. The normalized spacial score (nSPS) is 15.1. The van der Waals surface area contributed by atoms with Gasteiger partial charge in [0.15, 0.2) is 0 Å². The smallest absolute Gasteiger partial charge is 0.0869 e. The van der Waals surface area contributed by atoms with Crippen molar-refractivity contribution in [2.24, 2.45) is 0 Å². The molecule has 0 saturated carbocycles. The summed E-state index contributed by atoms with van der Waals surface area (Å²) < 4.78 is 0. The zero-order chi connectivity index (χ0) is 13.6. The number of nitrogens with zero attached hydrogens (tertiary/aromatic N) is 2. The largest absolute Gasteiger partial charge is 0.388 e. The van der Waals surface area contributed by atoms with Crippen LogP contribution in [0.5, 0.6) is 0 Å². The molecule has 1 atom stereocenters. The van der Waals surface area contributed by atoms with Gasteiger partial charge in [-0.15, -0.1) is 0 Å². The van der Waals surface area contributed by atoms with Crippen molar-refractivity contribution >= 4 is 0 Å². The topological polar surface area (TPSA) is 48.4 Å². The van der Waals surface area contributed by atoms with E-state index in [0.29, 0.717) is 19.1 Å². The number of aliphatic hydroxyl groups is 1. The van der Waals surface area contributed by atoms with E-state index in [2.05, 4.69) is 29.0 Å². The highest BCUT2D eigenvalue weighted by atomic mass is 16.3. The average molecular weight is 251 g/mol. The van der Waals surface area contributed by atoms with E-state index in [-0.39, 0.29) is 0 Å². The number of aromatic nitrogens is 1. The monoisotopic (exact) mass is 251 g/mol. The Bertz CT molecular complexity index is 338. The third-order valence-electron chi connectivity index (χ3n) is 2.66. The first-order valence-electron chi connectivity index (χ1n) is 6.43. The molecule has 1 aromatic rings. The minimum Gasteiger partial charge on any atom is -0.388 e. The lowest BCUT2D eigenvalue weighted by Crippen LogP contribution is -2.47. The first-order valence-corrected chi connectivity index (χ1v) is 6.43. The first-order chi connectivity index (χ1) is 8.39. The predicted molar refractivity (Wildman–Crippen MR) is 74.3 cm³/mol. The van der Waals surface area contributed by atoms with E-state index in [1.54, 1.807) is 6.20 Å². The van der Waals surface area contributed by atoms with Crippen LogP contribution in [0, 0.1) is 0 Å². The molecule has 4 nitrogen and oxygen atoms in total. The number of nitrogens with one attached hydrogen (secondary N) is 1. The Labute approximate surface area is 110 Å². The fourth-order valence-corrected chi connectivity index (χ4v) is 1.89. The van der Waals surface area contributed by atoms with Crippen LogP contribution < -0.4 is 5.32 Å². The van der Waals surface area contributed by atoms with Crippen molar-refractivity contribution < 1.29 is 5.11 Å². The molecule has 1 unspecified atom stereocenters. The Hall–Kier alpha value is -0.970. The van der Waals surface area contributed by atoms with Crippen molar-refractivity contribution in [3.05, 3.63) is 30.1 Å². The second-order valence-corrected chi connectivity index (χ2v) is 5.53. The Kier molecular flexibility index (Phi) is 5.72. The Balaban J connectivity index is 2.41. The van der Waals surface area contributed by atoms with E-state index in [0.717, 1.165) is 12.2 Å². The van der Waals surface area contributed by atoms with Gasteiger partial charge in [-0.25, -0.2) is 0 Å². The third-order valence-corrected chi connectivity index (χ3v) is 2.66. The van der Waals surface area contributed by atoms with Crippen molar-refractivity contribution in [1.29, 1.82) is 0 Å². The van der Waals surface area contributed by atoms with Crippen LogP contribution in [0.2, 0.25) is 0 Å². The second kappa shape index (κ2) is 6.83. The maximum Gasteiger partial charge on any atom is 0.0869 e. The van der Waals surface area contributed by atoms with E-state index in [1.807, 2.05) is 32.2 Å². The van der Waals surface area contributed by atoms with Gasteiger partial charge >= 0.3 is 0 Å². The van der Waals surface area contributed by atoms with Crippen molar-refractivity contribution in [3.63, 3.8) is 0 Å². The third kappa shape index (κ3) is 6.10. The summed E-state index contributed by atoms with van der Waals surface area (Å²) in [6, 6.07) is 6.27. The fraction of sp³-hybridized carbons (Fsp3) is 0.643. The second-order valence-electron chi connectivity index (χ2n) is 5.53. The molecule has 0 aliphatic heterocycles. The van der Waals surface area contributed by atoms with Gasteiger partial charge in [-0.05, 0) is 26.1 Å². The molecule has 18 heavy (non-hydrogen) atoms. The molecule has 0 aromatic carbocycles. The molecule has 0 saturated heterocycles. The molecular weight excluding hydrogens is 226 g/mol. The molecule has 0 aliphatic rings. The van der Waals surface area contributed by atoms with Crippen molar-refractivity contribution in [2.75, 3.05) is 20.1 Å². The SMILES string of the molecule is CC(C)NCC(C)(O)CN(C)Cc1ccccn1. The van der Waals surface area contributed by atoms with Gasteiger partial charge in [0.1, 0.15) is 0 Å². The molecular formula is C14H25N3O. The Morgan fingerprint density at radius 2 is 2.17 bits per heavy atom. The maximum atomic E-state index is 10.3. The molecule has 2 N–H and O–H groups in total. The van der Waals surface area contributed by atoms with Crippen LogP contribution in [0.3, 0.4) is 0 Å². The molecule has 0 aliphatic carbocycles. The van der Waals surface area contributed by atoms with Gasteiger partial charge in [-0.2, -0.15) is 0 Å². The molecule has 0 amide bonds. The summed E-state index contributed by atoms with van der Waals surface area (Å²) in [5.74, 6) is 0. The highest BCUT2D eigenvalue weighted by Gasteiger charge is 2.22. The lowest BCUT2D eigenvalue weighted by atomic mass is 10.1. The van der Waals surface area contributed by atoms with Gasteiger partial charge < -0.3 is 10.4 Å². The maximum absolute atomic E-state index is 10.3. The number of hydrogen-bond donors (Lipinski definition) is 2. The molecule has 1 aromatic heterocycles.